The molecule has 0 aromatic heterocycles. The van der Waals surface area contributed by atoms with Gasteiger partial charge in [-0.05, 0) is 74.6 Å². The van der Waals surface area contributed by atoms with Crippen LogP contribution in [-0.4, -0.2) is 23.1 Å². The summed E-state index contributed by atoms with van der Waals surface area (Å²) < 4.78 is 51.8. The Hall–Kier alpha value is -1.70. The van der Waals surface area contributed by atoms with E-state index in [2.05, 4.69) is 4.72 Å². The van der Waals surface area contributed by atoms with Gasteiger partial charge in [0.1, 0.15) is 0 Å². The lowest BCUT2D eigenvalue weighted by molar-refractivity contribution is 0.565. The highest BCUT2D eigenvalue weighted by Gasteiger charge is 2.24. The number of hydrogen-bond donors (Lipinski definition) is 1. The Bertz CT molecular complexity index is 1010. The maximum atomic E-state index is 13.0. The summed E-state index contributed by atoms with van der Waals surface area (Å²) in [6.07, 6.45) is 1.14. The van der Waals surface area contributed by atoms with Gasteiger partial charge in [0.2, 0.25) is 10.0 Å². The van der Waals surface area contributed by atoms with E-state index in [1.807, 2.05) is 33.8 Å². The number of rotatable bonds is 5. The fourth-order valence-electron chi connectivity index (χ4n) is 2.95. The fraction of sp³-hybridized carbons (Fsp3) is 0.368. The molecule has 0 bridgehead atoms. The summed E-state index contributed by atoms with van der Waals surface area (Å²) in [5, 5.41) is 0. The molecule has 26 heavy (non-hydrogen) atoms. The molecule has 0 fully saturated rings. The summed E-state index contributed by atoms with van der Waals surface area (Å²) >= 11 is 0. The molecule has 0 spiro atoms. The average Bonchev–Trinajstić information content (AvgIpc) is 2.52. The van der Waals surface area contributed by atoms with Crippen molar-refractivity contribution in [1.29, 1.82) is 0 Å². The minimum atomic E-state index is -3.72. The van der Waals surface area contributed by atoms with Gasteiger partial charge in [0.05, 0.1) is 9.79 Å². The molecule has 2 aromatic carbocycles. The third-order valence-electron chi connectivity index (χ3n) is 4.71. The maximum Gasteiger partial charge on any atom is 0.241 e. The lowest BCUT2D eigenvalue weighted by Crippen LogP contribution is -2.28. The standard InChI is InChI=1S/C19H25NO4S2/c1-12-11-13(2)15(4)19(14(12)3)26(23,24)20-16(5)17-7-9-18(10-8-17)25(6,21)22/h7-11,16,20H,1-6H3. The monoisotopic (exact) mass is 395 g/mol. The molecule has 0 heterocycles. The molecule has 2 aromatic rings. The molecule has 1 unspecified atom stereocenters. The number of aryl methyl sites for hydroxylation is 2. The molecule has 7 heteroatoms. The summed E-state index contributed by atoms with van der Waals surface area (Å²) in [4.78, 5) is 0.520. The summed E-state index contributed by atoms with van der Waals surface area (Å²) in [6.45, 7) is 9.15. The van der Waals surface area contributed by atoms with Gasteiger partial charge in [-0.2, -0.15) is 0 Å². The predicted molar refractivity (Wildman–Crippen MR) is 104 cm³/mol. The number of hydrogen-bond acceptors (Lipinski definition) is 4. The van der Waals surface area contributed by atoms with Crippen LogP contribution in [0.1, 0.15) is 40.8 Å². The van der Waals surface area contributed by atoms with Crippen LogP contribution in [0.3, 0.4) is 0 Å². The molecule has 5 nitrogen and oxygen atoms in total. The van der Waals surface area contributed by atoms with Crippen molar-refractivity contribution in [2.24, 2.45) is 0 Å². The number of benzene rings is 2. The van der Waals surface area contributed by atoms with Gasteiger partial charge in [-0.1, -0.05) is 18.2 Å². The Balaban J connectivity index is 2.39. The van der Waals surface area contributed by atoms with Crippen LogP contribution in [0.5, 0.6) is 0 Å². The molecule has 0 aliphatic rings. The molecule has 0 saturated carbocycles. The SMILES string of the molecule is Cc1cc(C)c(C)c(S(=O)(=O)NC(C)c2ccc(S(C)(=O)=O)cc2)c1C. The van der Waals surface area contributed by atoms with E-state index in [0.29, 0.717) is 10.5 Å². The van der Waals surface area contributed by atoms with Gasteiger partial charge < -0.3 is 0 Å². The van der Waals surface area contributed by atoms with Crippen LogP contribution in [0.25, 0.3) is 0 Å². The normalized spacial score (nSPS) is 13.6. The second-order valence-electron chi connectivity index (χ2n) is 6.77. The predicted octanol–water partition coefficient (Wildman–Crippen LogP) is 3.36. The molecular weight excluding hydrogens is 370 g/mol. The smallest absolute Gasteiger partial charge is 0.224 e. The van der Waals surface area contributed by atoms with E-state index in [-0.39, 0.29) is 4.90 Å². The Morgan fingerprint density at radius 2 is 1.31 bits per heavy atom. The highest BCUT2D eigenvalue weighted by molar-refractivity contribution is 7.90. The van der Waals surface area contributed by atoms with Crippen LogP contribution in [0.2, 0.25) is 0 Å². The molecule has 0 saturated heterocycles. The van der Waals surface area contributed by atoms with Crippen LogP contribution in [0.4, 0.5) is 0 Å². The molecule has 2 rings (SSSR count). The van der Waals surface area contributed by atoms with Crippen LogP contribution >= 0.6 is 0 Å². The minimum Gasteiger partial charge on any atom is -0.224 e. The van der Waals surface area contributed by atoms with Crippen molar-refractivity contribution in [1.82, 2.24) is 4.72 Å². The molecule has 142 valence electrons. The topological polar surface area (TPSA) is 80.3 Å². The van der Waals surface area contributed by atoms with Gasteiger partial charge in [0.15, 0.2) is 9.84 Å². The van der Waals surface area contributed by atoms with Gasteiger partial charge in [-0.15, -0.1) is 0 Å². The van der Waals surface area contributed by atoms with E-state index in [4.69, 9.17) is 0 Å². The summed E-state index contributed by atoms with van der Waals surface area (Å²) in [5.41, 5.74) is 4.03. The second kappa shape index (κ2) is 7.13. The summed E-state index contributed by atoms with van der Waals surface area (Å²) in [5.74, 6) is 0. The van der Waals surface area contributed by atoms with Crippen LogP contribution in [-0.2, 0) is 19.9 Å². The first kappa shape index (κ1) is 20.6. The lowest BCUT2D eigenvalue weighted by atomic mass is 10.0. The first-order chi connectivity index (χ1) is 11.8. The molecule has 0 aliphatic heterocycles. The molecule has 0 aliphatic carbocycles. The first-order valence-corrected chi connectivity index (χ1v) is 11.6. The second-order valence-corrected chi connectivity index (χ2v) is 10.4. The maximum absolute atomic E-state index is 13.0. The zero-order valence-corrected chi connectivity index (χ0v) is 17.5. The van der Waals surface area contributed by atoms with Crippen LogP contribution in [0.15, 0.2) is 40.1 Å². The Labute approximate surface area is 156 Å². The molecule has 1 atom stereocenters. The Morgan fingerprint density at radius 1 is 0.846 bits per heavy atom. The highest BCUT2D eigenvalue weighted by Crippen LogP contribution is 2.27. The van der Waals surface area contributed by atoms with E-state index < -0.39 is 25.9 Å². The minimum absolute atomic E-state index is 0.206. The van der Waals surface area contributed by atoms with E-state index in [9.17, 15) is 16.8 Å². The van der Waals surface area contributed by atoms with Crippen molar-refractivity contribution in [3.05, 3.63) is 58.1 Å². The highest BCUT2D eigenvalue weighted by atomic mass is 32.2. The lowest BCUT2D eigenvalue weighted by Gasteiger charge is -2.19. The van der Waals surface area contributed by atoms with Crippen molar-refractivity contribution in [3.63, 3.8) is 0 Å². The van der Waals surface area contributed by atoms with E-state index in [0.717, 1.165) is 28.5 Å². The van der Waals surface area contributed by atoms with Crippen molar-refractivity contribution < 1.29 is 16.8 Å². The molecule has 0 amide bonds. The average molecular weight is 396 g/mol. The number of sulfone groups is 1. The Morgan fingerprint density at radius 3 is 1.73 bits per heavy atom. The van der Waals surface area contributed by atoms with Gasteiger partial charge >= 0.3 is 0 Å². The first-order valence-electron chi connectivity index (χ1n) is 8.24. The van der Waals surface area contributed by atoms with E-state index in [1.165, 1.54) is 12.1 Å². The largest absolute Gasteiger partial charge is 0.241 e. The third kappa shape index (κ3) is 4.16. The van der Waals surface area contributed by atoms with Crippen molar-refractivity contribution in [2.45, 2.75) is 50.5 Å². The van der Waals surface area contributed by atoms with Gasteiger partial charge in [0.25, 0.3) is 0 Å². The van der Waals surface area contributed by atoms with Crippen LogP contribution in [0, 0.1) is 27.7 Å². The van der Waals surface area contributed by atoms with Gasteiger partial charge in [-0.3, -0.25) is 0 Å². The third-order valence-corrected chi connectivity index (χ3v) is 7.65. The number of sulfonamides is 1. The quantitative estimate of drug-likeness (QED) is 0.842. The summed E-state index contributed by atoms with van der Waals surface area (Å²) in [6, 6.07) is 7.73. The number of nitrogens with one attached hydrogen (secondary N) is 1. The van der Waals surface area contributed by atoms with Gasteiger partial charge in [0, 0.05) is 12.3 Å². The Kier molecular flexibility index (Phi) is 5.66. The summed E-state index contributed by atoms with van der Waals surface area (Å²) in [7, 11) is -7.00. The molecule has 1 N–H and O–H groups in total. The van der Waals surface area contributed by atoms with Crippen molar-refractivity contribution >= 4 is 19.9 Å². The molecule has 0 radical (unpaired) electrons. The van der Waals surface area contributed by atoms with Crippen LogP contribution < -0.4 is 4.72 Å². The zero-order chi connectivity index (χ0) is 19.9. The van der Waals surface area contributed by atoms with Crippen molar-refractivity contribution in [3.8, 4) is 0 Å². The van der Waals surface area contributed by atoms with E-state index >= 15 is 0 Å². The zero-order valence-electron chi connectivity index (χ0n) is 15.9. The van der Waals surface area contributed by atoms with Gasteiger partial charge in [-0.25, -0.2) is 21.6 Å². The van der Waals surface area contributed by atoms with E-state index in [1.54, 1.807) is 19.1 Å². The van der Waals surface area contributed by atoms with Crippen molar-refractivity contribution in [2.75, 3.05) is 6.26 Å². The molecular formula is C19H25NO4S2. The fourth-order valence-corrected chi connectivity index (χ4v) is 5.43.